The van der Waals surface area contributed by atoms with Crippen LogP contribution in [0.2, 0.25) is 0 Å². The van der Waals surface area contributed by atoms with Gasteiger partial charge in [0.1, 0.15) is 5.75 Å². The van der Waals surface area contributed by atoms with Crippen LogP contribution in [0.3, 0.4) is 0 Å². The van der Waals surface area contributed by atoms with Crippen LogP contribution in [0.25, 0.3) is 0 Å². The molecule has 6 heteroatoms. The van der Waals surface area contributed by atoms with E-state index in [1.54, 1.807) is 18.2 Å². The molecule has 5 nitrogen and oxygen atoms in total. The highest BCUT2D eigenvalue weighted by molar-refractivity contribution is 7.80. The average molecular weight is 330 g/mol. The first-order valence-corrected chi connectivity index (χ1v) is 7.56. The van der Waals surface area contributed by atoms with Gasteiger partial charge in [-0.05, 0) is 55.9 Å². The number of benzene rings is 2. The summed E-state index contributed by atoms with van der Waals surface area (Å²) in [6.45, 7) is 4.34. The second-order valence-corrected chi connectivity index (χ2v) is 5.25. The maximum Gasteiger partial charge on any atom is 0.335 e. The summed E-state index contributed by atoms with van der Waals surface area (Å²) in [5.41, 5.74) is 2.50. The summed E-state index contributed by atoms with van der Waals surface area (Å²) in [5, 5.41) is 15.5. The van der Waals surface area contributed by atoms with Crippen molar-refractivity contribution in [3.05, 3.63) is 53.6 Å². The van der Waals surface area contributed by atoms with Crippen LogP contribution in [-0.2, 0) is 0 Å². The first kappa shape index (κ1) is 16.8. The standard InChI is InChI=1S/C17H18N2O3S/c1-3-22-15-7-5-4-6-13(15)18-17(23)19-14-10-12(16(20)21)9-8-11(14)2/h4-10H,3H2,1-2H3,(H,20,21)(H2,18,19,23). The molecular formula is C17H18N2O3S. The van der Waals surface area contributed by atoms with Crippen molar-refractivity contribution in [1.82, 2.24) is 0 Å². The highest BCUT2D eigenvalue weighted by atomic mass is 32.1. The third kappa shape index (κ3) is 4.43. The number of nitrogens with one attached hydrogen (secondary N) is 2. The number of carboxylic acid groups (broad SMARTS) is 1. The van der Waals surface area contributed by atoms with Gasteiger partial charge in [0.25, 0.3) is 0 Å². The van der Waals surface area contributed by atoms with Crippen molar-refractivity contribution in [2.75, 3.05) is 17.2 Å². The van der Waals surface area contributed by atoms with E-state index in [0.717, 1.165) is 11.3 Å². The molecule has 0 saturated heterocycles. The molecule has 2 aromatic rings. The molecule has 0 aliphatic heterocycles. The number of aryl methyl sites for hydroxylation is 1. The molecule has 0 bridgehead atoms. The molecule has 120 valence electrons. The number of rotatable bonds is 5. The van der Waals surface area contributed by atoms with Crippen LogP contribution in [0.15, 0.2) is 42.5 Å². The number of thiocarbonyl (C=S) groups is 1. The van der Waals surface area contributed by atoms with Gasteiger partial charge in [0.05, 0.1) is 17.9 Å². The molecule has 2 rings (SSSR count). The van der Waals surface area contributed by atoms with Crippen molar-refractivity contribution in [2.24, 2.45) is 0 Å². The lowest BCUT2D eigenvalue weighted by Gasteiger charge is -2.15. The predicted molar refractivity (Wildman–Crippen MR) is 95.6 cm³/mol. The lowest BCUT2D eigenvalue weighted by molar-refractivity contribution is 0.0697. The van der Waals surface area contributed by atoms with Gasteiger partial charge in [-0.25, -0.2) is 4.79 Å². The Labute approximate surface area is 140 Å². The molecule has 3 N–H and O–H groups in total. The Balaban J connectivity index is 2.14. The lowest BCUT2D eigenvalue weighted by atomic mass is 10.1. The monoisotopic (exact) mass is 330 g/mol. The van der Waals surface area contributed by atoms with Crippen molar-refractivity contribution in [3.8, 4) is 5.75 Å². The second kappa shape index (κ2) is 7.60. The minimum Gasteiger partial charge on any atom is -0.492 e. The zero-order valence-corrected chi connectivity index (χ0v) is 13.7. The summed E-state index contributed by atoms with van der Waals surface area (Å²) in [6.07, 6.45) is 0. The van der Waals surface area contributed by atoms with Crippen molar-refractivity contribution < 1.29 is 14.6 Å². The number of hydrogen-bond acceptors (Lipinski definition) is 3. The Hall–Kier alpha value is -2.60. The van der Waals surface area contributed by atoms with E-state index in [1.165, 1.54) is 0 Å². The Bertz CT molecular complexity index is 732. The number of para-hydroxylation sites is 2. The Morgan fingerprint density at radius 2 is 1.87 bits per heavy atom. The fourth-order valence-corrected chi connectivity index (χ4v) is 2.24. The molecule has 0 unspecified atom stereocenters. The summed E-state index contributed by atoms with van der Waals surface area (Å²) in [4.78, 5) is 11.1. The van der Waals surface area contributed by atoms with E-state index in [0.29, 0.717) is 23.2 Å². The average Bonchev–Trinajstić information content (AvgIpc) is 2.51. The fraction of sp³-hybridized carbons (Fsp3) is 0.176. The maximum absolute atomic E-state index is 11.1. The van der Waals surface area contributed by atoms with E-state index in [9.17, 15) is 4.79 Å². The number of anilines is 2. The van der Waals surface area contributed by atoms with E-state index in [1.807, 2.05) is 38.1 Å². The van der Waals surface area contributed by atoms with Gasteiger partial charge in [0.15, 0.2) is 5.11 Å². The van der Waals surface area contributed by atoms with Crippen LogP contribution < -0.4 is 15.4 Å². The molecule has 0 amide bonds. The summed E-state index contributed by atoms with van der Waals surface area (Å²) in [6, 6.07) is 12.3. The zero-order valence-electron chi connectivity index (χ0n) is 12.9. The molecule has 0 heterocycles. The van der Waals surface area contributed by atoms with E-state index in [2.05, 4.69) is 10.6 Å². The van der Waals surface area contributed by atoms with Crippen molar-refractivity contribution >= 4 is 34.7 Å². The minimum absolute atomic E-state index is 0.204. The molecule has 0 atom stereocenters. The quantitative estimate of drug-likeness (QED) is 0.722. The van der Waals surface area contributed by atoms with Crippen LogP contribution in [0.1, 0.15) is 22.8 Å². The van der Waals surface area contributed by atoms with Crippen LogP contribution in [-0.4, -0.2) is 22.8 Å². The molecule has 0 radical (unpaired) electrons. The molecule has 0 aliphatic carbocycles. The molecule has 0 aliphatic rings. The fourth-order valence-electron chi connectivity index (χ4n) is 2.02. The van der Waals surface area contributed by atoms with Gasteiger partial charge < -0.3 is 20.5 Å². The first-order valence-electron chi connectivity index (χ1n) is 7.15. The Morgan fingerprint density at radius 3 is 2.57 bits per heavy atom. The topological polar surface area (TPSA) is 70.6 Å². The van der Waals surface area contributed by atoms with Crippen molar-refractivity contribution in [2.45, 2.75) is 13.8 Å². The van der Waals surface area contributed by atoms with Gasteiger partial charge in [-0.1, -0.05) is 18.2 Å². The lowest BCUT2D eigenvalue weighted by Crippen LogP contribution is -2.20. The van der Waals surface area contributed by atoms with E-state index < -0.39 is 5.97 Å². The SMILES string of the molecule is CCOc1ccccc1NC(=S)Nc1cc(C(=O)O)ccc1C. The molecular weight excluding hydrogens is 312 g/mol. The molecule has 0 fully saturated rings. The number of ether oxygens (including phenoxy) is 1. The maximum atomic E-state index is 11.1. The summed E-state index contributed by atoms with van der Waals surface area (Å²) >= 11 is 5.31. The van der Waals surface area contributed by atoms with Crippen LogP contribution in [0.5, 0.6) is 5.75 Å². The predicted octanol–water partition coefficient (Wildman–Crippen LogP) is 3.90. The van der Waals surface area contributed by atoms with E-state index in [-0.39, 0.29) is 5.56 Å². The van der Waals surface area contributed by atoms with E-state index >= 15 is 0 Å². The molecule has 2 aromatic carbocycles. The molecule has 0 spiro atoms. The molecule has 0 saturated carbocycles. The van der Waals surface area contributed by atoms with Gasteiger partial charge in [-0.3, -0.25) is 0 Å². The largest absolute Gasteiger partial charge is 0.492 e. The van der Waals surface area contributed by atoms with Gasteiger partial charge in [0.2, 0.25) is 0 Å². The van der Waals surface area contributed by atoms with Gasteiger partial charge in [-0.2, -0.15) is 0 Å². The molecule has 23 heavy (non-hydrogen) atoms. The normalized spacial score (nSPS) is 10.0. The second-order valence-electron chi connectivity index (χ2n) is 4.84. The Morgan fingerprint density at radius 1 is 1.17 bits per heavy atom. The molecule has 0 aromatic heterocycles. The Kier molecular flexibility index (Phi) is 5.54. The third-order valence-electron chi connectivity index (χ3n) is 3.17. The van der Waals surface area contributed by atoms with Crippen LogP contribution >= 0.6 is 12.2 Å². The van der Waals surface area contributed by atoms with Crippen molar-refractivity contribution in [3.63, 3.8) is 0 Å². The highest BCUT2D eigenvalue weighted by Gasteiger charge is 2.09. The first-order chi connectivity index (χ1) is 11.0. The van der Waals surface area contributed by atoms with Crippen molar-refractivity contribution in [1.29, 1.82) is 0 Å². The smallest absolute Gasteiger partial charge is 0.335 e. The van der Waals surface area contributed by atoms with Crippen LogP contribution in [0.4, 0.5) is 11.4 Å². The number of carbonyl (C=O) groups is 1. The summed E-state index contributed by atoms with van der Waals surface area (Å²) < 4.78 is 5.53. The third-order valence-corrected chi connectivity index (χ3v) is 3.37. The van der Waals surface area contributed by atoms with Gasteiger partial charge >= 0.3 is 5.97 Å². The van der Waals surface area contributed by atoms with Gasteiger partial charge in [-0.15, -0.1) is 0 Å². The zero-order chi connectivity index (χ0) is 16.8. The number of hydrogen-bond donors (Lipinski definition) is 3. The highest BCUT2D eigenvalue weighted by Crippen LogP contribution is 2.24. The number of aromatic carboxylic acids is 1. The van der Waals surface area contributed by atoms with E-state index in [4.69, 9.17) is 22.1 Å². The number of carboxylic acids is 1. The van der Waals surface area contributed by atoms with Crippen LogP contribution in [0, 0.1) is 6.92 Å². The summed E-state index contributed by atoms with van der Waals surface area (Å²) in [7, 11) is 0. The minimum atomic E-state index is -0.978. The van der Waals surface area contributed by atoms with Gasteiger partial charge in [0, 0.05) is 5.69 Å². The summed E-state index contributed by atoms with van der Waals surface area (Å²) in [5.74, 6) is -0.274.